The monoisotopic (exact) mass is 435 g/mol. The molecule has 2 aromatic carbocycles. The van der Waals surface area contributed by atoms with Crippen LogP contribution in [-0.4, -0.2) is 65.4 Å². The van der Waals surface area contributed by atoms with Crippen molar-refractivity contribution in [3.05, 3.63) is 67.5 Å². The second kappa shape index (κ2) is 10.3. The Hall–Kier alpha value is -4.14. The summed E-state index contributed by atoms with van der Waals surface area (Å²) in [6.07, 6.45) is 4.81. The van der Waals surface area contributed by atoms with Gasteiger partial charge in [0.1, 0.15) is 6.33 Å². The Kier molecular flexibility index (Phi) is 7.22. The molecule has 0 radical (unpaired) electrons. The zero-order valence-corrected chi connectivity index (χ0v) is 18.3. The fourth-order valence-corrected chi connectivity index (χ4v) is 3.37. The highest BCUT2D eigenvalue weighted by atomic mass is 16.5. The van der Waals surface area contributed by atoms with Crippen molar-refractivity contribution in [1.29, 1.82) is 0 Å². The number of rotatable bonds is 10. The van der Waals surface area contributed by atoms with Gasteiger partial charge < -0.3 is 19.1 Å². The summed E-state index contributed by atoms with van der Waals surface area (Å²) in [5.74, 6) is 1.28. The molecule has 0 aliphatic heterocycles. The number of hydrogen-bond acceptors (Lipinski definition) is 7. The lowest BCUT2D eigenvalue weighted by Gasteiger charge is -2.21. The van der Waals surface area contributed by atoms with Crippen molar-refractivity contribution >= 4 is 5.91 Å². The third-order valence-corrected chi connectivity index (χ3v) is 4.78. The number of ether oxygens (including phenoxy) is 3. The van der Waals surface area contributed by atoms with E-state index in [1.54, 1.807) is 56.6 Å². The van der Waals surface area contributed by atoms with Crippen molar-refractivity contribution in [3.63, 3.8) is 0 Å². The lowest BCUT2D eigenvalue weighted by atomic mass is 9.99. The smallest absolute Gasteiger partial charge is 0.254 e. The molecule has 1 heterocycles. The maximum Gasteiger partial charge on any atom is 0.254 e. The molecule has 32 heavy (non-hydrogen) atoms. The van der Waals surface area contributed by atoms with E-state index in [-0.39, 0.29) is 5.91 Å². The van der Waals surface area contributed by atoms with Crippen LogP contribution in [0.25, 0.3) is 16.8 Å². The molecule has 0 N–H and O–H groups in total. The highest BCUT2D eigenvalue weighted by Crippen LogP contribution is 2.44. The van der Waals surface area contributed by atoms with E-state index < -0.39 is 0 Å². The predicted molar refractivity (Wildman–Crippen MR) is 121 cm³/mol. The van der Waals surface area contributed by atoms with Crippen molar-refractivity contribution < 1.29 is 19.0 Å². The molecule has 9 nitrogen and oxygen atoms in total. The topological polar surface area (TPSA) is 91.6 Å². The number of benzene rings is 2. The van der Waals surface area contributed by atoms with E-state index in [1.807, 2.05) is 12.1 Å². The Morgan fingerprint density at radius 1 is 1.03 bits per heavy atom. The molecule has 0 atom stereocenters. The number of hydrogen-bond donors (Lipinski definition) is 0. The lowest BCUT2D eigenvalue weighted by molar-refractivity contribution is 0.0791. The molecule has 1 aromatic heterocycles. The van der Waals surface area contributed by atoms with Gasteiger partial charge in [0.05, 0.1) is 27.0 Å². The maximum absolute atomic E-state index is 13.3. The first-order chi connectivity index (χ1) is 15.6. The van der Waals surface area contributed by atoms with Gasteiger partial charge in [-0.2, -0.15) is 0 Å². The van der Waals surface area contributed by atoms with Crippen molar-refractivity contribution in [3.8, 4) is 34.1 Å². The Labute approximate surface area is 186 Å². The van der Waals surface area contributed by atoms with Gasteiger partial charge in [-0.3, -0.25) is 4.79 Å². The van der Waals surface area contributed by atoms with Crippen LogP contribution in [0.1, 0.15) is 10.4 Å². The van der Waals surface area contributed by atoms with E-state index in [0.717, 1.165) is 5.56 Å². The Morgan fingerprint density at radius 3 is 2.31 bits per heavy atom. The molecule has 0 aliphatic carbocycles. The Balaban J connectivity index is 2.22. The molecule has 166 valence electrons. The fourth-order valence-electron chi connectivity index (χ4n) is 3.37. The number of methoxy groups -OCH3 is 3. The highest BCUT2D eigenvalue weighted by molar-refractivity contribution is 5.97. The number of nitrogens with zero attached hydrogens (tertiary/aromatic N) is 5. The molecule has 0 saturated heterocycles. The third-order valence-electron chi connectivity index (χ3n) is 4.78. The van der Waals surface area contributed by atoms with Gasteiger partial charge in [-0.1, -0.05) is 12.2 Å². The zero-order valence-electron chi connectivity index (χ0n) is 18.3. The molecule has 0 aliphatic rings. The minimum atomic E-state index is -0.180. The molecule has 0 saturated carbocycles. The van der Waals surface area contributed by atoms with Crippen LogP contribution in [0.3, 0.4) is 0 Å². The van der Waals surface area contributed by atoms with E-state index >= 15 is 0 Å². The first-order valence-electron chi connectivity index (χ1n) is 9.76. The molecule has 9 heteroatoms. The average Bonchev–Trinajstić information content (AvgIpc) is 3.37. The van der Waals surface area contributed by atoms with E-state index in [4.69, 9.17) is 14.2 Å². The molecule has 3 rings (SSSR count). The van der Waals surface area contributed by atoms with E-state index in [1.165, 1.54) is 11.0 Å². The minimum absolute atomic E-state index is 0.180. The number of aromatic nitrogens is 4. The number of carbonyl (C=O) groups excluding carboxylic acids is 1. The van der Waals surface area contributed by atoms with Gasteiger partial charge in [0.25, 0.3) is 5.91 Å². The van der Waals surface area contributed by atoms with Crippen LogP contribution in [0.5, 0.6) is 17.2 Å². The number of carbonyl (C=O) groups is 1. The van der Waals surface area contributed by atoms with Crippen LogP contribution in [-0.2, 0) is 0 Å². The van der Waals surface area contributed by atoms with E-state index in [9.17, 15) is 4.79 Å². The molecule has 1 amide bonds. The van der Waals surface area contributed by atoms with Gasteiger partial charge in [-0.05, 0) is 46.3 Å². The largest absolute Gasteiger partial charge is 0.493 e. The van der Waals surface area contributed by atoms with Crippen LogP contribution < -0.4 is 14.2 Å². The van der Waals surface area contributed by atoms with Crippen LogP contribution >= 0.6 is 0 Å². The summed E-state index contributed by atoms with van der Waals surface area (Å²) in [7, 11) is 4.65. The molecule has 3 aromatic rings. The lowest BCUT2D eigenvalue weighted by Crippen LogP contribution is -2.31. The second-order valence-electron chi connectivity index (χ2n) is 6.69. The summed E-state index contributed by atoms with van der Waals surface area (Å²) >= 11 is 0. The van der Waals surface area contributed by atoms with Gasteiger partial charge in [-0.25, -0.2) is 4.68 Å². The number of amides is 1. The minimum Gasteiger partial charge on any atom is -0.493 e. The SMILES string of the molecule is C=CCN(CC=C)C(=O)c1cc(-c2ccc(OC)c(OC)c2OC)cc(-n2cnnn2)c1. The summed E-state index contributed by atoms with van der Waals surface area (Å²) < 4.78 is 18.0. The normalized spacial score (nSPS) is 10.3. The molecule has 0 spiro atoms. The van der Waals surface area contributed by atoms with Crippen LogP contribution in [0.4, 0.5) is 0 Å². The Morgan fingerprint density at radius 2 is 1.75 bits per heavy atom. The summed E-state index contributed by atoms with van der Waals surface area (Å²) in [4.78, 5) is 14.9. The van der Waals surface area contributed by atoms with Crippen molar-refractivity contribution in [2.24, 2.45) is 0 Å². The van der Waals surface area contributed by atoms with Gasteiger partial charge in [0.15, 0.2) is 11.5 Å². The summed E-state index contributed by atoms with van der Waals surface area (Å²) in [6.45, 7) is 8.25. The van der Waals surface area contributed by atoms with Crippen molar-refractivity contribution in [1.82, 2.24) is 25.1 Å². The molecule has 0 unspecified atom stereocenters. The standard InChI is InChI=1S/C23H25N5O4/c1-6-10-27(11-7-2)23(29)17-12-16(13-18(14-17)28-15-24-25-26-28)19-8-9-20(30-3)22(32-5)21(19)31-4/h6-9,12-15H,1-2,10-11H2,3-5H3. The summed E-state index contributed by atoms with van der Waals surface area (Å²) in [6, 6.07) is 9.01. The number of tetrazole rings is 1. The van der Waals surface area contributed by atoms with Gasteiger partial charge in [0.2, 0.25) is 5.75 Å². The third kappa shape index (κ3) is 4.46. The zero-order chi connectivity index (χ0) is 23.1. The highest BCUT2D eigenvalue weighted by Gasteiger charge is 2.21. The fraction of sp³-hybridized carbons (Fsp3) is 0.217. The van der Waals surface area contributed by atoms with E-state index in [2.05, 4.69) is 28.7 Å². The quantitative estimate of drug-likeness (QED) is 0.452. The van der Waals surface area contributed by atoms with Gasteiger partial charge in [0, 0.05) is 24.2 Å². The Bertz CT molecular complexity index is 1100. The van der Waals surface area contributed by atoms with Gasteiger partial charge in [-0.15, -0.1) is 18.3 Å². The van der Waals surface area contributed by atoms with Crippen molar-refractivity contribution in [2.45, 2.75) is 0 Å². The first kappa shape index (κ1) is 22.5. The van der Waals surface area contributed by atoms with Crippen LogP contribution in [0.2, 0.25) is 0 Å². The van der Waals surface area contributed by atoms with Crippen molar-refractivity contribution in [2.75, 3.05) is 34.4 Å². The van der Waals surface area contributed by atoms with Crippen LogP contribution in [0.15, 0.2) is 62.0 Å². The van der Waals surface area contributed by atoms with Crippen LogP contribution in [0, 0.1) is 0 Å². The molecular formula is C23H25N5O4. The average molecular weight is 435 g/mol. The summed E-state index contributed by atoms with van der Waals surface area (Å²) in [5, 5.41) is 11.4. The second-order valence-corrected chi connectivity index (χ2v) is 6.69. The molecular weight excluding hydrogens is 410 g/mol. The maximum atomic E-state index is 13.3. The van der Waals surface area contributed by atoms with Gasteiger partial charge >= 0.3 is 0 Å². The first-order valence-corrected chi connectivity index (χ1v) is 9.76. The van der Waals surface area contributed by atoms with E-state index in [0.29, 0.717) is 47.2 Å². The summed E-state index contributed by atoms with van der Waals surface area (Å²) in [5.41, 5.74) is 2.50. The predicted octanol–water partition coefficient (Wildman–Crippen LogP) is 3.17. The molecule has 0 bridgehead atoms. The molecule has 0 fully saturated rings.